The number of aliphatic hydroxyl groups excluding tert-OH is 2. The minimum Gasteiger partial charge on any atom is -0.394 e. The van der Waals surface area contributed by atoms with Gasteiger partial charge in [0.25, 0.3) is 0 Å². The van der Waals surface area contributed by atoms with E-state index in [0.29, 0.717) is 19.3 Å². The van der Waals surface area contributed by atoms with Crippen molar-refractivity contribution in [2.75, 3.05) is 13.2 Å². The maximum atomic E-state index is 10.2. The molecular formula is C6H15O6P. The van der Waals surface area contributed by atoms with Gasteiger partial charge in [-0.25, -0.2) is 4.57 Å². The third-order valence-corrected chi connectivity index (χ3v) is 1.92. The second kappa shape index (κ2) is 6.48. The van der Waals surface area contributed by atoms with Gasteiger partial charge in [-0.05, 0) is 19.3 Å². The molecule has 1 unspecified atom stereocenters. The number of hydrogen-bond acceptors (Lipinski definition) is 4. The molecule has 4 N–H and O–H groups in total. The van der Waals surface area contributed by atoms with Gasteiger partial charge in [-0.1, -0.05) is 0 Å². The van der Waals surface area contributed by atoms with Gasteiger partial charge in [-0.2, -0.15) is 0 Å². The Morgan fingerprint density at radius 1 is 1.31 bits per heavy atom. The Hall–Kier alpha value is 0.0300. The minimum absolute atomic E-state index is 0.0393. The van der Waals surface area contributed by atoms with Gasteiger partial charge in [-0.15, -0.1) is 0 Å². The van der Waals surface area contributed by atoms with Crippen molar-refractivity contribution in [2.24, 2.45) is 0 Å². The minimum atomic E-state index is -4.35. The van der Waals surface area contributed by atoms with Crippen molar-refractivity contribution in [3.63, 3.8) is 0 Å². The third-order valence-electron chi connectivity index (χ3n) is 1.40. The zero-order valence-electron chi connectivity index (χ0n) is 7.17. The van der Waals surface area contributed by atoms with Crippen LogP contribution in [0.3, 0.4) is 0 Å². The van der Waals surface area contributed by atoms with Crippen molar-refractivity contribution in [3.05, 3.63) is 0 Å². The predicted molar refractivity (Wildman–Crippen MR) is 44.9 cm³/mol. The summed E-state index contributed by atoms with van der Waals surface area (Å²) in [5, 5.41) is 17.3. The number of hydrogen-bond donors (Lipinski definition) is 4. The molecule has 0 saturated heterocycles. The van der Waals surface area contributed by atoms with Crippen molar-refractivity contribution in [1.29, 1.82) is 0 Å². The summed E-state index contributed by atoms with van der Waals surface area (Å²) in [6.07, 6.45) is 0.653. The molecule has 0 radical (unpaired) electrons. The van der Waals surface area contributed by atoms with Crippen LogP contribution in [0.2, 0.25) is 0 Å². The summed E-state index contributed by atoms with van der Waals surface area (Å²) in [5.74, 6) is 0. The van der Waals surface area contributed by atoms with Crippen LogP contribution in [0.15, 0.2) is 0 Å². The van der Waals surface area contributed by atoms with Crippen molar-refractivity contribution in [2.45, 2.75) is 25.4 Å². The van der Waals surface area contributed by atoms with E-state index in [9.17, 15) is 4.57 Å². The zero-order chi connectivity index (χ0) is 10.3. The first-order valence-corrected chi connectivity index (χ1v) is 5.48. The molecule has 0 saturated carbocycles. The summed E-state index contributed by atoms with van der Waals surface area (Å²) in [6.45, 7) is -0.332. The monoisotopic (exact) mass is 214 g/mol. The normalized spacial score (nSPS) is 14.5. The lowest BCUT2D eigenvalue weighted by Crippen LogP contribution is -2.11. The molecule has 13 heavy (non-hydrogen) atoms. The van der Waals surface area contributed by atoms with Gasteiger partial charge in [-0.3, -0.25) is 4.52 Å². The molecule has 7 heteroatoms. The number of unbranched alkanes of at least 4 members (excludes halogenated alkanes) is 1. The third kappa shape index (κ3) is 9.95. The number of aliphatic hydroxyl groups is 2. The smallest absolute Gasteiger partial charge is 0.394 e. The second-order valence-electron chi connectivity index (χ2n) is 2.66. The first kappa shape index (κ1) is 13.0. The first-order valence-electron chi connectivity index (χ1n) is 3.94. The summed E-state index contributed by atoms with van der Waals surface area (Å²) in [7, 11) is -4.35. The highest BCUT2D eigenvalue weighted by Crippen LogP contribution is 2.35. The summed E-state index contributed by atoms with van der Waals surface area (Å²) in [5.41, 5.74) is 0. The molecule has 0 rings (SSSR count). The van der Waals surface area contributed by atoms with Crippen LogP contribution in [-0.2, 0) is 9.09 Å². The second-order valence-corrected chi connectivity index (χ2v) is 3.90. The van der Waals surface area contributed by atoms with Crippen LogP contribution in [0.5, 0.6) is 0 Å². The van der Waals surface area contributed by atoms with Crippen LogP contribution in [0, 0.1) is 0 Å². The van der Waals surface area contributed by atoms with E-state index >= 15 is 0 Å². The van der Waals surface area contributed by atoms with E-state index in [-0.39, 0.29) is 13.2 Å². The van der Waals surface area contributed by atoms with Crippen LogP contribution < -0.4 is 0 Å². The lowest BCUT2D eigenvalue weighted by Gasteiger charge is -2.07. The van der Waals surface area contributed by atoms with Gasteiger partial charge in [0.2, 0.25) is 0 Å². The summed E-state index contributed by atoms with van der Waals surface area (Å²) in [4.78, 5) is 16.5. The van der Waals surface area contributed by atoms with E-state index in [4.69, 9.17) is 20.0 Å². The Bertz CT molecular complexity index is 167. The first-order chi connectivity index (χ1) is 5.95. The molecule has 0 amide bonds. The Morgan fingerprint density at radius 2 is 1.92 bits per heavy atom. The molecule has 0 aliphatic carbocycles. The molecule has 1 atom stereocenters. The fourth-order valence-corrected chi connectivity index (χ4v) is 1.12. The van der Waals surface area contributed by atoms with Crippen molar-refractivity contribution >= 4 is 7.82 Å². The average Bonchev–Trinajstić information content (AvgIpc) is 2.01. The van der Waals surface area contributed by atoms with Gasteiger partial charge < -0.3 is 20.0 Å². The largest absolute Gasteiger partial charge is 0.469 e. The van der Waals surface area contributed by atoms with Crippen LogP contribution in [0.1, 0.15) is 19.3 Å². The Balaban J connectivity index is 3.22. The zero-order valence-corrected chi connectivity index (χ0v) is 8.06. The van der Waals surface area contributed by atoms with Crippen LogP contribution >= 0.6 is 7.82 Å². The molecule has 0 aliphatic rings. The van der Waals surface area contributed by atoms with Crippen LogP contribution in [0.25, 0.3) is 0 Å². The maximum absolute atomic E-state index is 10.2. The summed E-state index contributed by atoms with van der Waals surface area (Å²) < 4.78 is 14.3. The van der Waals surface area contributed by atoms with Gasteiger partial charge in [0.1, 0.15) is 0 Å². The fraction of sp³-hybridized carbons (Fsp3) is 1.00. The highest BCUT2D eigenvalue weighted by atomic mass is 31.2. The van der Waals surface area contributed by atoms with E-state index < -0.39 is 13.9 Å². The lowest BCUT2D eigenvalue weighted by molar-refractivity contribution is 0.0845. The van der Waals surface area contributed by atoms with E-state index in [2.05, 4.69) is 4.52 Å². The van der Waals surface area contributed by atoms with E-state index in [1.54, 1.807) is 0 Å². The molecule has 0 fully saturated rings. The van der Waals surface area contributed by atoms with Gasteiger partial charge in [0.05, 0.1) is 19.3 Å². The molecule has 0 aliphatic heterocycles. The molecule has 0 aromatic rings. The SMILES string of the molecule is O=P(O)(O)OCCCCC(O)CO. The summed E-state index contributed by atoms with van der Waals surface area (Å²) >= 11 is 0. The average molecular weight is 214 g/mol. The molecule has 0 heterocycles. The number of phosphoric acid groups is 1. The number of rotatable bonds is 7. The van der Waals surface area contributed by atoms with Crippen LogP contribution in [0.4, 0.5) is 0 Å². The topological polar surface area (TPSA) is 107 Å². The lowest BCUT2D eigenvalue weighted by atomic mass is 10.2. The highest BCUT2D eigenvalue weighted by molar-refractivity contribution is 7.46. The molecule has 0 bridgehead atoms. The molecule has 6 nitrogen and oxygen atoms in total. The van der Waals surface area contributed by atoms with E-state index in [0.717, 1.165) is 0 Å². The quantitative estimate of drug-likeness (QED) is 0.340. The molecular weight excluding hydrogens is 199 g/mol. The highest BCUT2D eigenvalue weighted by Gasteiger charge is 2.12. The van der Waals surface area contributed by atoms with E-state index in [1.807, 2.05) is 0 Å². The molecule has 0 aromatic carbocycles. The molecule has 80 valence electrons. The molecule has 0 aromatic heterocycles. The van der Waals surface area contributed by atoms with Crippen molar-refractivity contribution in [1.82, 2.24) is 0 Å². The van der Waals surface area contributed by atoms with Crippen molar-refractivity contribution < 1.29 is 29.1 Å². The maximum Gasteiger partial charge on any atom is 0.469 e. The standard InChI is InChI=1S/C6H15O6P/c7-5-6(8)3-1-2-4-12-13(9,10)11/h6-8H,1-5H2,(H2,9,10,11). The molecule has 0 spiro atoms. The van der Waals surface area contributed by atoms with Gasteiger partial charge >= 0.3 is 7.82 Å². The fourth-order valence-electron chi connectivity index (χ4n) is 0.757. The Kier molecular flexibility index (Phi) is 6.49. The number of phosphoric ester groups is 1. The Morgan fingerprint density at radius 3 is 2.38 bits per heavy atom. The van der Waals surface area contributed by atoms with Gasteiger partial charge in [0.15, 0.2) is 0 Å². The summed E-state index contributed by atoms with van der Waals surface area (Å²) in [6, 6.07) is 0. The Labute approximate surface area is 76.4 Å². The van der Waals surface area contributed by atoms with E-state index in [1.165, 1.54) is 0 Å². The van der Waals surface area contributed by atoms with Crippen LogP contribution in [-0.4, -0.2) is 39.3 Å². The predicted octanol–water partition coefficient (Wildman–Crippen LogP) is -0.381. The van der Waals surface area contributed by atoms with Gasteiger partial charge in [0, 0.05) is 0 Å². The van der Waals surface area contributed by atoms with Crippen molar-refractivity contribution in [3.8, 4) is 0 Å².